The fourth-order valence-electron chi connectivity index (χ4n) is 1.61. The number of aromatic hydroxyl groups is 2. The van der Waals surface area contributed by atoms with Gasteiger partial charge in [-0.15, -0.1) is 11.8 Å². The molecule has 2 aromatic rings. The Morgan fingerprint density at radius 2 is 1.81 bits per heavy atom. The van der Waals surface area contributed by atoms with Crippen LogP contribution in [0.2, 0.25) is 5.02 Å². The molecule has 0 aliphatic rings. The molecule has 0 spiro atoms. The number of nitrogens with one attached hydrogen (secondary N) is 1. The molecule has 0 atom stereocenters. The maximum atomic E-state index is 11.7. The van der Waals surface area contributed by atoms with Gasteiger partial charge in [-0.3, -0.25) is 4.79 Å². The second-order valence-corrected chi connectivity index (χ2v) is 5.83. The van der Waals surface area contributed by atoms with E-state index in [4.69, 9.17) is 11.6 Å². The van der Waals surface area contributed by atoms with E-state index in [0.29, 0.717) is 17.3 Å². The van der Waals surface area contributed by atoms with Crippen molar-refractivity contribution >= 4 is 29.3 Å². The molecule has 4 nitrogen and oxygen atoms in total. The fourth-order valence-corrected chi connectivity index (χ4v) is 2.46. The summed E-state index contributed by atoms with van der Waals surface area (Å²) in [5.74, 6) is -0.186. The summed E-state index contributed by atoms with van der Waals surface area (Å²) in [6.07, 6.45) is 0. The molecular weight excluding hydrogens is 310 g/mol. The van der Waals surface area contributed by atoms with Crippen LogP contribution in [0.4, 0.5) is 0 Å². The van der Waals surface area contributed by atoms with Crippen LogP contribution in [0.1, 0.15) is 5.56 Å². The molecule has 2 aromatic carbocycles. The van der Waals surface area contributed by atoms with Crippen LogP contribution in [0.3, 0.4) is 0 Å². The highest BCUT2D eigenvalue weighted by atomic mass is 35.5. The number of benzene rings is 2. The molecule has 0 saturated carbocycles. The van der Waals surface area contributed by atoms with Gasteiger partial charge in [0.05, 0.1) is 5.75 Å². The molecule has 0 unspecified atom stereocenters. The van der Waals surface area contributed by atoms with Crippen LogP contribution in [0.25, 0.3) is 0 Å². The van der Waals surface area contributed by atoms with E-state index in [9.17, 15) is 15.0 Å². The Kier molecular flexibility index (Phi) is 5.36. The van der Waals surface area contributed by atoms with Crippen molar-refractivity contribution in [1.82, 2.24) is 5.32 Å². The number of phenolic OH excluding ortho intramolecular Hbond substituents is 2. The van der Waals surface area contributed by atoms with E-state index < -0.39 is 0 Å². The Hall–Kier alpha value is -1.85. The van der Waals surface area contributed by atoms with E-state index in [1.165, 1.54) is 23.9 Å². The zero-order valence-corrected chi connectivity index (χ0v) is 12.6. The van der Waals surface area contributed by atoms with Gasteiger partial charge in [0, 0.05) is 16.5 Å². The fraction of sp³-hybridized carbons (Fsp3) is 0.133. The van der Waals surface area contributed by atoms with Gasteiger partial charge in [0.15, 0.2) is 11.5 Å². The number of carbonyl (C=O) groups is 1. The maximum Gasteiger partial charge on any atom is 0.230 e. The van der Waals surface area contributed by atoms with E-state index in [-0.39, 0.29) is 17.4 Å². The van der Waals surface area contributed by atoms with Gasteiger partial charge in [-0.05, 0) is 42.0 Å². The van der Waals surface area contributed by atoms with Gasteiger partial charge in [-0.2, -0.15) is 0 Å². The molecule has 6 heteroatoms. The van der Waals surface area contributed by atoms with Gasteiger partial charge >= 0.3 is 0 Å². The number of hydrogen-bond acceptors (Lipinski definition) is 4. The Bertz CT molecular complexity index is 631. The van der Waals surface area contributed by atoms with E-state index >= 15 is 0 Å². The van der Waals surface area contributed by atoms with Gasteiger partial charge in [0.25, 0.3) is 0 Å². The minimum atomic E-state index is -0.197. The largest absolute Gasteiger partial charge is 0.504 e. The first kappa shape index (κ1) is 15.5. The van der Waals surface area contributed by atoms with E-state index in [1.54, 1.807) is 18.2 Å². The normalized spacial score (nSPS) is 10.3. The summed E-state index contributed by atoms with van der Waals surface area (Å²) in [6.45, 7) is 0.299. The van der Waals surface area contributed by atoms with Crippen LogP contribution in [0, 0.1) is 0 Å². The summed E-state index contributed by atoms with van der Waals surface area (Å²) in [4.78, 5) is 12.7. The summed E-state index contributed by atoms with van der Waals surface area (Å²) in [7, 11) is 0. The van der Waals surface area contributed by atoms with Gasteiger partial charge in [0.2, 0.25) is 5.91 Å². The number of halogens is 1. The molecule has 0 radical (unpaired) electrons. The molecule has 21 heavy (non-hydrogen) atoms. The van der Waals surface area contributed by atoms with E-state index in [1.807, 2.05) is 12.1 Å². The van der Waals surface area contributed by atoms with Crippen molar-refractivity contribution in [3.8, 4) is 11.5 Å². The number of phenols is 2. The van der Waals surface area contributed by atoms with Gasteiger partial charge < -0.3 is 15.5 Å². The molecule has 0 heterocycles. The van der Waals surface area contributed by atoms with Crippen LogP contribution in [-0.4, -0.2) is 21.9 Å². The highest BCUT2D eigenvalue weighted by Crippen LogP contribution is 2.24. The topological polar surface area (TPSA) is 69.6 Å². The van der Waals surface area contributed by atoms with Crippen molar-refractivity contribution in [3.63, 3.8) is 0 Å². The molecular formula is C15H14ClNO3S. The van der Waals surface area contributed by atoms with Crippen molar-refractivity contribution in [1.29, 1.82) is 0 Å². The Morgan fingerprint density at radius 1 is 1.10 bits per heavy atom. The number of thioether (sulfide) groups is 1. The summed E-state index contributed by atoms with van der Waals surface area (Å²) < 4.78 is 0. The third-order valence-electron chi connectivity index (χ3n) is 2.71. The number of carbonyl (C=O) groups excluding carboxylic acids is 1. The lowest BCUT2D eigenvalue weighted by Gasteiger charge is -2.06. The minimum absolute atomic E-state index is 0.109. The minimum Gasteiger partial charge on any atom is -0.504 e. The standard InChI is InChI=1S/C15H14ClNO3S/c16-11-2-4-12(5-3-11)21-9-15(20)17-8-10-1-6-13(18)14(19)7-10/h1-7,18-19H,8-9H2,(H,17,20). The average molecular weight is 324 g/mol. The van der Waals surface area contributed by atoms with Crippen molar-refractivity contribution in [2.45, 2.75) is 11.4 Å². The zero-order valence-electron chi connectivity index (χ0n) is 11.0. The van der Waals surface area contributed by atoms with Gasteiger partial charge in [-0.25, -0.2) is 0 Å². The van der Waals surface area contributed by atoms with Crippen LogP contribution >= 0.6 is 23.4 Å². The summed E-state index contributed by atoms with van der Waals surface area (Å²) in [5.41, 5.74) is 0.718. The highest BCUT2D eigenvalue weighted by Gasteiger charge is 2.05. The number of amides is 1. The zero-order chi connectivity index (χ0) is 15.2. The molecule has 0 aliphatic heterocycles. The molecule has 1 amide bonds. The molecule has 110 valence electrons. The van der Waals surface area contributed by atoms with E-state index in [2.05, 4.69) is 5.32 Å². The second kappa shape index (κ2) is 7.24. The monoisotopic (exact) mass is 323 g/mol. The predicted molar refractivity (Wildman–Crippen MR) is 83.8 cm³/mol. The van der Waals surface area contributed by atoms with Crippen molar-refractivity contribution in [3.05, 3.63) is 53.1 Å². The summed E-state index contributed by atoms with van der Waals surface area (Å²) in [5, 5.41) is 22.0. The lowest BCUT2D eigenvalue weighted by Crippen LogP contribution is -2.24. The molecule has 0 saturated heterocycles. The van der Waals surface area contributed by atoms with Crippen LogP contribution in [0.5, 0.6) is 11.5 Å². The molecule has 3 N–H and O–H groups in total. The van der Waals surface area contributed by atoms with Crippen LogP contribution < -0.4 is 5.32 Å². The van der Waals surface area contributed by atoms with Crippen molar-refractivity contribution in [2.75, 3.05) is 5.75 Å². The average Bonchev–Trinajstić information content (AvgIpc) is 2.48. The SMILES string of the molecule is O=C(CSc1ccc(Cl)cc1)NCc1ccc(O)c(O)c1. The third-order valence-corrected chi connectivity index (χ3v) is 3.98. The lowest BCUT2D eigenvalue weighted by molar-refractivity contribution is -0.118. The molecule has 0 fully saturated rings. The van der Waals surface area contributed by atoms with Crippen molar-refractivity contribution < 1.29 is 15.0 Å². The maximum absolute atomic E-state index is 11.7. The first-order chi connectivity index (χ1) is 10.0. The predicted octanol–water partition coefficient (Wildman–Crippen LogP) is 3.16. The first-order valence-electron chi connectivity index (χ1n) is 6.20. The lowest BCUT2D eigenvalue weighted by atomic mass is 10.2. The quantitative estimate of drug-likeness (QED) is 0.584. The van der Waals surface area contributed by atoms with Crippen molar-refractivity contribution in [2.24, 2.45) is 0 Å². The number of hydrogen-bond donors (Lipinski definition) is 3. The Labute approximate surface area is 131 Å². The molecule has 0 aromatic heterocycles. The molecule has 0 bridgehead atoms. The first-order valence-corrected chi connectivity index (χ1v) is 7.57. The van der Waals surface area contributed by atoms with Crippen LogP contribution in [-0.2, 0) is 11.3 Å². The van der Waals surface area contributed by atoms with Gasteiger partial charge in [-0.1, -0.05) is 17.7 Å². The smallest absolute Gasteiger partial charge is 0.230 e. The molecule has 0 aliphatic carbocycles. The number of rotatable bonds is 5. The molecule has 2 rings (SSSR count). The van der Waals surface area contributed by atoms with E-state index in [0.717, 1.165) is 10.5 Å². The highest BCUT2D eigenvalue weighted by molar-refractivity contribution is 8.00. The third kappa shape index (κ3) is 4.88. The Balaban J connectivity index is 1.79. The summed E-state index contributed by atoms with van der Waals surface area (Å²) >= 11 is 7.21. The van der Waals surface area contributed by atoms with Crippen LogP contribution in [0.15, 0.2) is 47.4 Å². The summed E-state index contributed by atoms with van der Waals surface area (Å²) in [6, 6.07) is 11.7. The Morgan fingerprint density at radius 3 is 2.48 bits per heavy atom. The second-order valence-electron chi connectivity index (χ2n) is 4.34. The van der Waals surface area contributed by atoms with Gasteiger partial charge in [0.1, 0.15) is 0 Å².